The molecule has 1 heterocycles. The molecule has 1 aromatic heterocycles. The molecule has 96 valence electrons. The van der Waals surface area contributed by atoms with Crippen LogP contribution >= 0.6 is 0 Å². The highest BCUT2D eigenvalue weighted by atomic mass is 16.4. The maximum atomic E-state index is 10.8. The lowest BCUT2D eigenvalue weighted by Gasteiger charge is -2.16. The highest BCUT2D eigenvalue weighted by Crippen LogP contribution is 2.10. The maximum absolute atomic E-state index is 10.8. The van der Waals surface area contributed by atoms with Crippen LogP contribution in [0.5, 0.6) is 0 Å². The van der Waals surface area contributed by atoms with E-state index in [2.05, 4.69) is 17.1 Å². The molecule has 0 fully saturated rings. The molecule has 0 radical (unpaired) electrons. The Kier molecular flexibility index (Phi) is 5.18. The molecule has 0 aliphatic rings. The predicted molar refractivity (Wildman–Crippen MR) is 65.1 cm³/mol. The minimum atomic E-state index is -0.948. The molecule has 0 aliphatic carbocycles. The van der Waals surface area contributed by atoms with Gasteiger partial charge in [0.15, 0.2) is 0 Å². The van der Waals surface area contributed by atoms with Gasteiger partial charge < -0.3 is 19.7 Å². The summed E-state index contributed by atoms with van der Waals surface area (Å²) in [6, 6.07) is 1.80. The van der Waals surface area contributed by atoms with Crippen LogP contribution in [-0.4, -0.2) is 42.7 Å². The van der Waals surface area contributed by atoms with Crippen molar-refractivity contribution in [3.8, 4) is 0 Å². The summed E-state index contributed by atoms with van der Waals surface area (Å²) in [6.07, 6.45) is 2.42. The number of hydrogen-bond acceptors (Lipinski definition) is 4. The van der Waals surface area contributed by atoms with Gasteiger partial charge in [-0.25, -0.2) is 4.79 Å². The SMILES string of the molecule is CC(CCN(C)C)NCc1occc1C(=O)O. The number of nitrogens with one attached hydrogen (secondary N) is 1. The first-order valence-electron chi connectivity index (χ1n) is 5.68. The Hall–Kier alpha value is -1.33. The van der Waals surface area contributed by atoms with Crippen molar-refractivity contribution in [2.75, 3.05) is 20.6 Å². The van der Waals surface area contributed by atoms with Crippen LogP contribution in [0.3, 0.4) is 0 Å². The number of carbonyl (C=O) groups is 1. The Morgan fingerprint density at radius 3 is 2.88 bits per heavy atom. The molecule has 2 N–H and O–H groups in total. The molecule has 0 saturated carbocycles. The largest absolute Gasteiger partial charge is 0.478 e. The fraction of sp³-hybridized carbons (Fsp3) is 0.583. The van der Waals surface area contributed by atoms with Gasteiger partial charge >= 0.3 is 5.97 Å². The van der Waals surface area contributed by atoms with Gasteiger partial charge in [0.05, 0.1) is 12.8 Å². The van der Waals surface area contributed by atoms with Gasteiger partial charge in [-0.3, -0.25) is 0 Å². The van der Waals surface area contributed by atoms with Crippen LogP contribution in [0.1, 0.15) is 29.5 Å². The van der Waals surface area contributed by atoms with Gasteiger partial charge in [-0.05, 0) is 40.1 Å². The minimum Gasteiger partial charge on any atom is -0.478 e. The predicted octanol–water partition coefficient (Wildman–Crippen LogP) is 1.41. The number of hydrogen-bond donors (Lipinski definition) is 2. The second-order valence-electron chi connectivity index (χ2n) is 4.44. The van der Waals surface area contributed by atoms with Crippen molar-refractivity contribution in [1.29, 1.82) is 0 Å². The monoisotopic (exact) mass is 240 g/mol. The second-order valence-corrected chi connectivity index (χ2v) is 4.44. The molecule has 0 aromatic carbocycles. The topological polar surface area (TPSA) is 65.7 Å². The van der Waals surface area contributed by atoms with E-state index in [9.17, 15) is 4.79 Å². The number of nitrogens with zero attached hydrogens (tertiary/aromatic N) is 1. The van der Waals surface area contributed by atoms with Gasteiger partial charge in [-0.2, -0.15) is 0 Å². The molecule has 17 heavy (non-hydrogen) atoms. The summed E-state index contributed by atoms with van der Waals surface area (Å²) >= 11 is 0. The van der Waals surface area contributed by atoms with E-state index < -0.39 is 5.97 Å². The number of aromatic carboxylic acids is 1. The third-order valence-corrected chi connectivity index (χ3v) is 2.60. The van der Waals surface area contributed by atoms with Crippen molar-refractivity contribution in [3.63, 3.8) is 0 Å². The molecule has 0 amide bonds. The van der Waals surface area contributed by atoms with Crippen LogP contribution in [0, 0.1) is 0 Å². The quantitative estimate of drug-likeness (QED) is 0.754. The summed E-state index contributed by atoms with van der Waals surface area (Å²) in [5.74, 6) is -0.467. The Morgan fingerprint density at radius 2 is 2.29 bits per heavy atom. The van der Waals surface area contributed by atoms with Crippen LogP contribution in [0.25, 0.3) is 0 Å². The average molecular weight is 240 g/mol. The van der Waals surface area contributed by atoms with Crippen molar-refractivity contribution in [3.05, 3.63) is 23.7 Å². The first kappa shape index (κ1) is 13.7. The van der Waals surface area contributed by atoms with E-state index in [1.165, 1.54) is 12.3 Å². The van der Waals surface area contributed by atoms with E-state index >= 15 is 0 Å². The van der Waals surface area contributed by atoms with Crippen molar-refractivity contribution in [2.45, 2.75) is 25.9 Å². The van der Waals surface area contributed by atoms with Crippen molar-refractivity contribution in [2.24, 2.45) is 0 Å². The number of rotatable bonds is 7. The summed E-state index contributed by atoms with van der Waals surface area (Å²) in [6.45, 7) is 3.52. The molecular formula is C12H20N2O3. The van der Waals surface area contributed by atoms with E-state index in [-0.39, 0.29) is 5.56 Å². The molecule has 0 saturated heterocycles. The average Bonchev–Trinajstić information content (AvgIpc) is 2.71. The molecule has 1 aromatic rings. The van der Waals surface area contributed by atoms with Gasteiger partial charge in [0.1, 0.15) is 11.3 Å². The van der Waals surface area contributed by atoms with Gasteiger partial charge in [0.2, 0.25) is 0 Å². The highest BCUT2D eigenvalue weighted by Gasteiger charge is 2.13. The van der Waals surface area contributed by atoms with Crippen molar-refractivity contribution >= 4 is 5.97 Å². The third kappa shape index (κ3) is 4.58. The second kappa shape index (κ2) is 6.42. The first-order chi connectivity index (χ1) is 8.00. The van der Waals surface area contributed by atoms with Gasteiger partial charge in [-0.1, -0.05) is 0 Å². The Balaban J connectivity index is 2.39. The van der Waals surface area contributed by atoms with E-state index in [1.54, 1.807) is 0 Å². The van der Waals surface area contributed by atoms with E-state index in [0.717, 1.165) is 13.0 Å². The molecular weight excluding hydrogens is 220 g/mol. The van der Waals surface area contributed by atoms with Gasteiger partial charge in [0, 0.05) is 6.04 Å². The lowest BCUT2D eigenvalue weighted by molar-refractivity contribution is 0.0694. The summed E-state index contributed by atoms with van der Waals surface area (Å²) in [5.41, 5.74) is 0.234. The Labute approximate surface area is 101 Å². The zero-order chi connectivity index (χ0) is 12.8. The third-order valence-electron chi connectivity index (χ3n) is 2.60. The molecule has 1 rings (SSSR count). The standard InChI is InChI=1S/C12H20N2O3/c1-9(4-6-14(2)3)13-8-11-10(12(15)16)5-7-17-11/h5,7,9,13H,4,6,8H2,1-3H3,(H,15,16). The highest BCUT2D eigenvalue weighted by molar-refractivity contribution is 5.88. The van der Waals surface area contributed by atoms with Gasteiger partial charge in [-0.15, -0.1) is 0 Å². The summed E-state index contributed by atoms with van der Waals surface area (Å²) < 4.78 is 5.15. The van der Waals surface area contributed by atoms with Crippen LogP contribution in [0.15, 0.2) is 16.7 Å². The minimum absolute atomic E-state index is 0.234. The van der Waals surface area contributed by atoms with E-state index in [1.807, 2.05) is 14.1 Å². The lowest BCUT2D eigenvalue weighted by atomic mass is 10.2. The molecule has 5 heteroatoms. The van der Waals surface area contributed by atoms with Crippen LogP contribution in [0.2, 0.25) is 0 Å². The molecule has 0 bridgehead atoms. The number of furan rings is 1. The van der Waals surface area contributed by atoms with Gasteiger partial charge in [0.25, 0.3) is 0 Å². The summed E-state index contributed by atoms with van der Waals surface area (Å²) in [7, 11) is 4.06. The normalized spacial score (nSPS) is 12.9. The number of carboxylic acids is 1. The van der Waals surface area contributed by atoms with Crippen LogP contribution in [-0.2, 0) is 6.54 Å². The maximum Gasteiger partial charge on any atom is 0.339 e. The zero-order valence-corrected chi connectivity index (χ0v) is 10.6. The molecule has 1 atom stereocenters. The molecule has 0 aliphatic heterocycles. The van der Waals surface area contributed by atoms with Crippen LogP contribution in [0.4, 0.5) is 0 Å². The van der Waals surface area contributed by atoms with Crippen molar-refractivity contribution < 1.29 is 14.3 Å². The van der Waals surface area contributed by atoms with E-state index in [4.69, 9.17) is 9.52 Å². The number of carboxylic acid groups (broad SMARTS) is 1. The summed E-state index contributed by atoms with van der Waals surface area (Å²) in [4.78, 5) is 13.0. The zero-order valence-electron chi connectivity index (χ0n) is 10.6. The van der Waals surface area contributed by atoms with E-state index in [0.29, 0.717) is 18.3 Å². The van der Waals surface area contributed by atoms with Crippen LogP contribution < -0.4 is 5.32 Å². The fourth-order valence-electron chi connectivity index (χ4n) is 1.49. The molecule has 0 spiro atoms. The Bertz CT molecular complexity index is 360. The lowest BCUT2D eigenvalue weighted by Crippen LogP contribution is -2.29. The Morgan fingerprint density at radius 1 is 1.59 bits per heavy atom. The molecule has 5 nitrogen and oxygen atoms in total. The molecule has 1 unspecified atom stereocenters. The first-order valence-corrected chi connectivity index (χ1v) is 5.68. The van der Waals surface area contributed by atoms with Crippen molar-refractivity contribution in [1.82, 2.24) is 10.2 Å². The fourth-order valence-corrected chi connectivity index (χ4v) is 1.49. The smallest absolute Gasteiger partial charge is 0.339 e. The summed E-state index contributed by atoms with van der Waals surface area (Å²) in [5, 5.41) is 12.2.